The Balaban J connectivity index is 2.12. The summed E-state index contributed by atoms with van der Waals surface area (Å²) in [5, 5.41) is 0.139. The fourth-order valence-electron chi connectivity index (χ4n) is 1.98. The first-order valence-corrected chi connectivity index (χ1v) is 6.68. The molecule has 0 spiro atoms. The van der Waals surface area contributed by atoms with E-state index in [9.17, 15) is 9.59 Å². The maximum atomic E-state index is 12.4. The molecule has 20 heavy (non-hydrogen) atoms. The summed E-state index contributed by atoms with van der Waals surface area (Å²) in [6.07, 6.45) is -0.562. The Morgan fingerprint density at radius 3 is 2.65 bits per heavy atom. The fourth-order valence-corrected chi connectivity index (χ4v) is 2.24. The van der Waals surface area contributed by atoms with Gasteiger partial charge >= 0.3 is 5.97 Å². The number of nitrogens with zero attached hydrogens (tertiary/aromatic N) is 1. The number of carbonyl (C=O) groups excluding carboxylic acids is 2. The minimum atomic E-state index is -0.880. The Morgan fingerprint density at radius 1 is 1.40 bits per heavy atom. The van der Waals surface area contributed by atoms with E-state index in [1.165, 1.54) is 11.8 Å². The van der Waals surface area contributed by atoms with E-state index in [-0.39, 0.29) is 11.1 Å². The quantitative estimate of drug-likeness (QED) is 0.619. The van der Waals surface area contributed by atoms with Crippen molar-refractivity contribution >= 4 is 29.3 Å². The Hall–Kier alpha value is -1.95. The van der Waals surface area contributed by atoms with Gasteiger partial charge in [-0.3, -0.25) is 14.5 Å². The summed E-state index contributed by atoms with van der Waals surface area (Å²) in [5.41, 5.74) is 0.915. The van der Waals surface area contributed by atoms with Gasteiger partial charge in [-0.2, -0.15) is 0 Å². The van der Waals surface area contributed by atoms with Gasteiger partial charge in [0.25, 0.3) is 11.1 Å². The molecule has 0 radical (unpaired) electrons. The summed E-state index contributed by atoms with van der Waals surface area (Å²) >= 11 is 4.96. The normalized spacial score (nSPS) is 15.7. The van der Waals surface area contributed by atoms with Gasteiger partial charge in [-0.05, 0) is 17.8 Å². The number of benzene rings is 1. The summed E-state index contributed by atoms with van der Waals surface area (Å²) < 4.78 is 10.2. The molecule has 5 nitrogen and oxygen atoms in total. The minimum Gasteiger partial charge on any atom is -0.469 e. The van der Waals surface area contributed by atoms with Crippen LogP contribution in [0.4, 0.5) is 0 Å². The van der Waals surface area contributed by atoms with Crippen molar-refractivity contribution in [3.63, 3.8) is 0 Å². The Kier molecular flexibility index (Phi) is 4.68. The molecule has 6 heteroatoms. The summed E-state index contributed by atoms with van der Waals surface area (Å²) in [5.74, 6) is -0.836. The topological polar surface area (TPSA) is 55.8 Å². The van der Waals surface area contributed by atoms with E-state index in [4.69, 9.17) is 21.7 Å². The molecule has 2 rings (SSSR count). The van der Waals surface area contributed by atoms with Crippen molar-refractivity contribution in [2.45, 2.75) is 19.4 Å². The first kappa shape index (κ1) is 14.5. The average Bonchev–Trinajstić information content (AvgIpc) is 2.84. The molecular formula is C14H15NO4S. The van der Waals surface area contributed by atoms with Gasteiger partial charge in [0, 0.05) is 13.3 Å². The van der Waals surface area contributed by atoms with Gasteiger partial charge in [-0.1, -0.05) is 30.3 Å². The highest BCUT2D eigenvalue weighted by Crippen LogP contribution is 2.13. The van der Waals surface area contributed by atoms with Crippen molar-refractivity contribution in [3.05, 3.63) is 35.9 Å². The summed E-state index contributed by atoms with van der Waals surface area (Å²) in [7, 11) is 0. The van der Waals surface area contributed by atoms with Crippen molar-refractivity contribution in [2.75, 3.05) is 13.2 Å². The molecule has 0 aliphatic carbocycles. The van der Waals surface area contributed by atoms with Crippen LogP contribution in [0.15, 0.2) is 30.3 Å². The highest BCUT2D eigenvalue weighted by molar-refractivity contribution is 7.80. The number of ether oxygens (including phenoxy) is 2. The van der Waals surface area contributed by atoms with Gasteiger partial charge in [0.05, 0.1) is 6.54 Å². The molecule has 0 aromatic heterocycles. The van der Waals surface area contributed by atoms with E-state index in [1.807, 2.05) is 30.3 Å². The van der Waals surface area contributed by atoms with Crippen LogP contribution in [0.5, 0.6) is 0 Å². The SMILES string of the molecule is CC(=O)OC(Cc1ccccc1)C(=O)N1CCOC1=S. The summed E-state index contributed by atoms with van der Waals surface area (Å²) in [6, 6.07) is 9.38. The predicted octanol–water partition coefficient (Wildman–Crippen LogP) is 1.30. The zero-order valence-corrected chi connectivity index (χ0v) is 11.9. The lowest BCUT2D eigenvalue weighted by atomic mass is 10.1. The molecule has 1 saturated heterocycles. The largest absolute Gasteiger partial charge is 0.469 e. The minimum absolute atomic E-state index is 0.139. The van der Waals surface area contributed by atoms with Crippen LogP contribution >= 0.6 is 12.2 Å². The number of amides is 1. The Bertz CT molecular complexity index is 517. The molecule has 1 aromatic rings. The molecule has 0 saturated carbocycles. The van der Waals surface area contributed by atoms with Crippen LogP contribution < -0.4 is 0 Å². The molecular weight excluding hydrogens is 278 g/mol. The maximum Gasteiger partial charge on any atom is 0.303 e. The number of carbonyl (C=O) groups is 2. The van der Waals surface area contributed by atoms with Crippen molar-refractivity contribution in [1.82, 2.24) is 4.90 Å². The third-order valence-corrected chi connectivity index (χ3v) is 3.21. The van der Waals surface area contributed by atoms with Gasteiger partial charge in [0.1, 0.15) is 6.61 Å². The standard InChI is InChI=1S/C14H15NO4S/c1-10(16)19-12(9-11-5-3-2-4-6-11)13(17)15-7-8-18-14(15)20/h2-6,12H,7-9H2,1H3. The lowest BCUT2D eigenvalue weighted by Crippen LogP contribution is -2.42. The molecule has 1 aliphatic rings. The number of rotatable bonds is 4. The first-order valence-electron chi connectivity index (χ1n) is 6.27. The summed E-state index contributed by atoms with van der Waals surface area (Å²) in [4.78, 5) is 24.9. The van der Waals surface area contributed by atoms with Gasteiger partial charge in [0.2, 0.25) is 0 Å². The molecule has 1 atom stereocenters. The van der Waals surface area contributed by atoms with E-state index >= 15 is 0 Å². The lowest BCUT2D eigenvalue weighted by Gasteiger charge is -2.21. The van der Waals surface area contributed by atoms with Crippen LogP contribution in [0.1, 0.15) is 12.5 Å². The number of esters is 1. The molecule has 0 bridgehead atoms. The molecule has 1 fully saturated rings. The van der Waals surface area contributed by atoms with Gasteiger partial charge in [-0.15, -0.1) is 0 Å². The van der Waals surface area contributed by atoms with Crippen LogP contribution in [0.25, 0.3) is 0 Å². The first-order chi connectivity index (χ1) is 9.58. The highest BCUT2D eigenvalue weighted by Gasteiger charge is 2.33. The van der Waals surface area contributed by atoms with Crippen molar-refractivity contribution < 1.29 is 19.1 Å². The lowest BCUT2D eigenvalue weighted by molar-refractivity contribution is -0.156. The van der Waals surface area contributed by atoms with E-state index in [1.54, 1.807) is 0 Å². The monoisotopic (exact) mass is 293 g/mol. The zero-order valence-electron chi connectivity index (χ0n) is 11.1. The van der Waals surface area contributed by atoms with Crippen LogP contribution in [0, 0.1) is 0 Å². The molecule has 1 unspecified atom stereocenters. The zero-order chi connectivity index (χ0) is 14.5. The van der Waals surface area contributed by atoms with Crippen LogP contribution in [0.2, 0.25) is 0 Å². The van der Waals surface area contributed by atoms with Crippen molar-refractivity contribution in [3.8, 4) is 0 Å². The molecule has 0 N–H and O–H groups in total. The molecule has 1 heterocycles. The van der Waals surface area contributed by atoms with E-state index in [0.717, 1.165) is 5.56 Å². The molecule has 1 aromatic carbocycles. The van der Waals surface area contributed by atoms with Crippen LogP contribution in [-0.2, 0) is 25.5 Å². The van der Waals surface area contributed by atoms with E-state index in [2.05, 4.69) is 0 Å². The van der Waals surface area contributed by atoms with E-state index < -0.39 is 12.1 Å². The predicted molar refractivity (Wildman–Crippen MR) is 76.0 cm³/mol. The Labute approximate surface area is 122 Å². The van der Waals surface area contributed by atoms with Crippen molar-refractivity contribution in [2.24, 2.45) is 0 Å². The number of hydrogen-bond acceptors (Lipinski definition) is 5. The van der Waals surface area contributed by atoms with E-state index in [0.29, 0.717) is 19.6 Å². The van der Waals surface area contributed by atoms with Gasteiger partial charge in [-0.25, -0.2) is 0 Å². The third kappa shape index (κ3) is 3.54. The fraction of sp³-hybridized carbons (Fsp3) is 0.357. The van der Waals surface area contributed by atoms with Crippen molar-refractivity contribution in [1.29, 1.82) is 0 Å². The second kappa shape index (κ2) is 6.47. The highest BCUT2D eigenvalue weighted by atomic mass is 32.1. The maximum absolute atomic E-state index is 12.4. The van der Waals surface area contributed by atoms with Crippen LogP contribution in [-0.4, -0.2) is 41.2 Å². The van der Waals surface area contributed by atoms with Crippen LogP contribution in [0.3, 0.4) is 0 Å². The van der Waals surface area contributed by atoms with Gasteiger partial charge in [0.15, 0.2) is 6.10 Å². The smallest absolute Gasteiger partial charge is 0.303 e. The molecule has 1 amide bonds. The number of hydrogen-bond donors (Lipinski definition) is 0. The second-order valence-corrected chi connectivity index (χ2v) is 4.74. The summed E-state index contributed by atoms with van der Waals surface area (Å²) in [6.45, 7) is 2.05. The van der Waals surface area contributed by atoms with Gasteiger partial charge < -0.3 is 9.47 Å². The number of thiocarbonyl (C=S) groups is 1. The second-order valence-electron chi connectivity index (χ2n) is 4.39. The third-order valence-electron chi connectivity index (χ3n) is 2.87. The Morgan fingerprint density at radius 2 is 2.10 bits per heavy atom. The molecule has 106 valence electrons. The molecule has 1 aliphatic heterocycles. The average molecular weight is 293 g/mol.